The average molecular weight is 264 g/mol. The van der Waals surface area contributed by atoms with Crippen LogP contribution in [-0.2, 0) is 4.79 Å². The molecule has 1 atom stereocenters. The third-order valence-corrected chi connectivity index (χ3v) is 3.22. The van der Waals surface area contributed by atoms with Crippen molar-refractivity contribution in [3.8, 4) is 0 Å². The van der Waals surface area contributed by atoms with Gasteiger partial charge >= 0.3 is 0 Å². The molecule has 1 saturated heterocycles. The molecule has 3 N–H and O–H groups in total. The first-order valence-corrected chi connectivity index (χ1v) is 6.57. The van der Waals surface area contributed by atoms with Crippen molar-refractivity contribution < 1.29 is 9.90 Å². The molecular weight excluding hydrogens is 244 g/mol. The van der Waals surface area contributed by atoms with Crippen LogP contribution in [0.4, 0.5) is 5.82 Å². The Balaban J connectivity index is 1.72. The second kappa shape index (κ2) is 7.06. The van der Waals surface area contributed by atoms with Crippen LogP contribution in [0, 0.1) is 5.92 Å². The van der Waals surface area contributed by atoms with Crippen LogP contribution in [0.5, 0.6) is 0 Å². The number of rotatable bonds is 5. The number of nitrogens with one attached hydrogen (secondary N) is 2. The van der Waals surface area contributed by atoms with Gasteiger partial charge in [-0.05, 0) is 37.4 Å². The lowest BCUT2D eigenvalue weighted by Crippen LogP contribution is -2.44. The first-order valence-electron chi connectivity index (χ1n) is 6.57. The van der Waals surface area contributed by atoms with Gasteiger partial charge in [0.2, 0.25) is 0 Å². The molecule has 0 spiro atoms. The number of hydrazine groups is 1. The number of carbonyl (C=O) groups excluding carboxylic acids is 1. The Morgan fingerprint density at radius 1 is 1.53 bits per heavy atom. The van der Waals surface area contributed by atoms with Crippen LogP contribution < -0.4 is 10.9 Å². The fourth-order valence-corrected chi connectivity index (χ4v) is 2.26. The van der Waals surface area contributed by atoms with Crippen LogP contribution in [0.3, 0.4) is 0 Å². The molecule has 0 radical (unpaired) electrons. The van der Waals surface area contributed by atoms with Crippen LogP contribution in [0.25, 0.3) is 0 Å². The highest BCUT2D eigenvalue weighted by atomic mass is 16.3. The van der Waals surface area contributed by atoms with Gasteiger partial charge in [-0.3, -0.25) is 20.5 Å². The molecule has 0 aromatic carbocycles. The van der Waals surface area contributed by atoms with E-state index in [2.05, 4.69) is 20.7 Å². The fraction of sp³-hybridized carbons (Fsp3) is 0.538. The summed E-state index contributed by atoms with van der Waals surface area (Å²) in [6.07, 6.45) is 3.73. The minimum absolute atomic E-state index is 0.0933. The van der Waals surface area contributed by atoms with Crippen molar-refractivity contribution in [1.82, 2.24) is 15.3 Å². The fourth-order valence-electron chi connectivity index (χ4n) is 2.26. The van der Waals surface area contributed by atoms with Gasteiger partial charge in [0.1, 0.15) is 5.82 Å². The molecule has 1 fully saturated rings. The standard InChI is InChI=1S/C13H20N4O2/c18-10-11-4-3-7-17(8-11)9-13(19)16-15-12-5-1-2-6-14-12/h1-2,5-6,11,18H,3-4,7-10H2,(H,14,15)(H,16,19). The summed E-state index contributed by atoms with van der Waals surface area (Å²) in [5, 5.41) is 9.15. The molecule has 2 rings (SSSR count). The number of nitrogens with zero attached hydrogens (tertiary/aromatic N) is 2. The third kappa shape index (κ3) is 4.50. The van der Waals surface area contributed by atoms with Crippen molar-refractivity contribution >= 4 is 11.7 Å². The SMILES string of the molecule is O=C(CN1CCCC(CO)C1)NNc1ccccn1. The molecule has 0 saturated carbocycles. The van der Waals surface area contributed by atoms with E-state index >= 15 is 0 Å². The summed E-state index contributed by atoms with van der Waals surface area (Å²) >= 11 is 0. The molecule has 6 heteroatoms. The van der Waals surface area contributed by atoms with E-state index in [0.717, 1.165) is 25.9 Å². The maximum atomic E-state index is 11.8. The summed E-state index contributed by atoms with van der Waals surface area (Å²) < 4.78 is 0. The average Bonchev–Trinajstić information content (AvgIpc) is 2.46. The number of hydrogen-bond donors (Lipinski definition) is 3. The first kappa shape index (κ1) is 13.8. The minimum atomic E-state index is -0.0933. The molecule has 19 heavy (non-hydrogen) atoms. The number of aliphatic hydroxyl groups is 1. The Hall–Kier alpha value is -1.66. The zero-order valence-electron chi connectivity index (χ0n) is 10.9. The Bertz CT molecular complexity index is 399. The van der Waals surface area contributed by atoms with Gasteiger partial charge < -0.3 is 5.11 Å². The molecule has 0 aliphatic carbocycles. The Morgan fingerprint density at radius 3 is 3.16 bits per heavy atom. The highest BCUT2D eigenvalue weighted by Gasteiger charge is 2.20. The van der Waals surface area contributed by atoms with E-state index in [1.807, 2.05) is 12.1 Å². The lowest BCUT2D eigenvalue weighted by Gasteiger charge is -2.31. The third-order valence-electron chi connectivity index (χ3n) is 3.22. The number of amides is 1. The van der Waals surface area contributed by atoms with Crippen LogP contribution in [0.2, 0.25) is 0 Å². The number of carbonyl (C=O) groups is 1. The zero-order chi connectivity index (χ0) is 13.5. The molecule has 1 unspecified atom stereocenters. The van der Waals surface area contributed by atoms with Crippen LogP contribution in [-0.4, -0.2) is 47.1 Å². The number of anilines is 1. The van der Waals surface area contributed by atoms with E-state index in [-0.39, 0.29) is 12.5 Å². The quantitative estimate of drug-likeness (QED) is 0.664. The summed E-state index contributed by atoms with van der Waals surface area (Å²) in [4.78, 5) is 17.9. The first-order chi connectivity index (χ1) is 9.28. The van der Waals surface area contributed by atoms with Crippen LogP contribution >= 0.6 is 0 Å². The van der Waals surface area contributed by atoms with Gasteiger partial charge in [0.25, 0.3) is 5.91 Å². The van der Waals surface area contributed by atoms with E-state index in [1.165, 1.54) is 0 Å². The van der Waals surface area contributed by atoms with E-state index in [1.54, 1.807) is 12.3 Å². The van der Waals surface area contributed by atoms with E-state index in [4.69, 9.17) is 5.11 Å². The highest BCUT2D eigenvalue weighted by Crippen LogP contribution is 2.15. The normalized spacial score (nSPS) is 19.9. The number of pyridine rings is 1. The Kier molecular flexibility index (Phi) is 5.11. The highest BCUT2D eigenvalue weighted by molar-refractivity contribution is 5.79. The summed E-state index contributed by atoms with van der Waals surface area (Å²) in [5.74, 6) is 0.817. The molecule has 1 aliphatic heterocycles. The van der Waals surface area contributed by atoms with Gasteiger partial charge in [0.15, 0.2) is 0 Å². The van der Waals surface area contributed by atoms with Gasteiger partial charge in [0, 0.05) is 19.3 Å². The molecule has 1 amide bonds. The minimum Gasteiger partial charge on any atom is -0.396 e. The maximum absolute atomic E-state index is 11.8. The van der Waals surface area contributed by atoms with Crippen LogP contribution in [0.1, 0.15) is 12.8 Å². The second-order valence-electron chi connectivity index (χ2n) is 4.81. The lowest BCUT2D eigenvalue weighted by atomic mass is 9.99. The van der Waals surface area contributed by atoms with Gasteiger partial charge in [-0.25, -0.2) is 4.98 Å². The molecule has 104 valence electrons. The van der Waals surface area contributed by atoms with Gasteiger partial charge in [-0.15, -0.1) is 0 Å². The molecule has 1 aromatic rings. The van der Waals surface area contributed by atoms with Crippen molar-refractivity contribution in [1.29, 1.82) is 0 Å². The summed E-state index contributed by atoms with van der Waals surface area (Å²) in [6, 6.07) is 5.44. The van der Waals surface area contributed by atoms with E-state index in [9.17, 15) is 4.79 Å². The van der Waals surface area contributed by atoms with E-state index in [0.29, 0.717) is 18.3 Å². The number of aliphatic hydroxyl groups excluding tert-OH is 1. The number of hydrogen-bond acceptors (Lipinski definition) is 5. The number of likely N-dealkylation sites (tertiary alicyclic amines) is 1. The monoisotopic (exact) mass is 264 g/mol. The summed E-state index contributed by atoms with van der Waals surface area (Å²) in [6.45, 7) is 2.24. The molecule has 0 bridgehead atoms. The van der Waals surface area contributed by atoms with E-state index < -0.39 is 0 Å². The Morgan fingerprint density at radius 2 is 2.42 bits per heavy atom. The molecule has 1 aliphatic rings. The summed E-state index contributed by atoms with van der Waals surface area (Å²) in [7, 11) is 0. The number of piperidine rings is 1. The zero-order valence-corrected chi connectivity index (χ0v) is 10.9. The van der Waals surface area contributed by atoms with Crippen molar-refractivity contribution in [2.24, 2.45) is 5.92 Å². The maximum Gasteiger partial charge on any atom is 0.252 e. The molecule has 1 aromatic heterocycles. The van der Waals surface area contributed by atoms with Gasteiger partial charge in [-0.1, -0.05) is 6.07 Å². The topological polar surface area (TPSA) is 77.5 Å². The molecule has 6 nitrogen and oxygen atoms in total. The predicted octanol–water partition coefficient (Wildman–Crippen LogP) is 0.229. The van der Waals surface area contributed by atoms with Crippen molar-refractivity contribution in [3.05, 3.63) is 24.4 Å². The van der Waals surface area contributed by atoms with Gasteiger partial charge in [0.05, 0.1) is 6.54 Å². The summed E-state index contributed by atoms with van der Waals surface area (Å²) in [5.41, 5.74) is 5.40. The molecule has 2 heterocycles. The predicted molar refractivity (Wildman–Crippen MR) is 72.3 cm³/mol. The smallest absolute Gasteiger partial charge is 0.252 e. The van der Waals surface area contributed by atoms with Crippen molar-refractivity contribution in [3.63, 3.8) is 0 Å². The lowest BCUT2D eigenvalue weighted by molar-refractivity contribution is -0.122. The van der Waals surface area contributed by atoms with Gasteiger partial charge in [-0.2, -0.15) is 0 Å². The second-order valence-corrected chi connectivity index (χ2v) is 4.81. The van der Waals surface area contributed by atoms with Crippen molar-refractivity contribution in [2.45, 2.75) is 12.8 Å². The van der Waals surface area contributed by atoms with Crippen LogP contribution in [0.15, 0.2) is 24.4 Å². The molecular formula is C13H20N4O2. The Labute approximate surface area is 112 Å². The largest absolute Gasteiger partial charge is 0.396 e. The van der Waals surface area contributed by atoms with Crippen molar-refractivity contribution in [2.75, 3.05) is 31.7 Å². The number of aromatic nitrogens is 1.